The molecule has 0 saturated carbocycles. The molecule has 36 N–H and O–H groups in total. The van der Waals surface area contributed by atoms with Gasteiger partial charge in [-0.1, -0.05) is 7.43 Å². The van der Waals surface area contributed by atoms with E-state index in [4.69, 9.17) is 20.2 Å². The van der Waals surface area contributed by atoms with Gasteiger partial charge in [-0.05, 0) is 0 Å². The largest absolute Gasteiger partial charge is 0.753 e. The first-order valence-electron chi connectivity index (χ1n) is 4.81. The number of hydrogen-bond acceptors (Lipinski definition) is 18. The topological polar surface area (TPSA) is 881 Å². The summed E-state index contributed by atoms with van der Waals surface area (Å²) in [5, 5.41) is 48.7. The summed E-state index contributed by atoms with van der Waals surface area (Å²) in [6, 6.07) is 0. The maximum absolute atomic E-state index is 9.28. The molecule has 0 rings (SSSR count). The van der Waals surface area contributed by atoms with Crippen molar-refractivity contribution in [1.82, 2.24) is 0 Å². The highest BCUT2D eigenvalue weighted by Gasteiger charge is 2.06. The van der Waals surface area contributed by atoms with Crippen molar-refractivity contribution in [2.75, 3.05) is 0 Å². The van der Waals surface area contributed by atoms with Crippen LogP contribution in [0.5, 0.6) is 0 Å². The van der Waals surface area contributed by atoms with Crippen LogP contribution in [-0.2, 0) is 23.3 Å². The Hall–Kier alpha value is -3.39. The number of rotatable bonds is 10. The van der Waals surface area contributed by atoms with E-state index >= 15 is 0 Å². The minimum absolute atomic E-state index is 0. The van der Waals surface area contributed by atoms with Gasteiger partial charge in [0.25, 0.3) is 30.5 Å². The Kier molecular flexibility index (Phi) is 572. The summed E-state index contributed by atoms with van der Waals surface area (Å²) in [4.78, 5) is 55.0. The highest BCUT2D eigenvalue weighted by atomic mass is 27.2. The molecule has 0 unspecified atom stereocenters. The predicted molar refractivity (Wildman–Crippen MR) is 146 cm³/mol. The number of hydrogen-bond donors (Lipinski definition) is 0. The van der Waals surface area contributed by atoms with Gasteiger partial charge < -0.3 is 122 Å². The van der Waals surface area contributed by atoms with Crippen molar-refractivity contribution in [3.05, 3.63) is 60.7 Å². The zero-order chi connectivity index (χ0) is 23.1. The van der Waals surface area contributed by atoms with Crippen LogP contribution in [0.3, 0.4) is 0 Å². The van der Waals surface area contributed by atoms with Gasteiger partial charge in [0.2, 0.25) is 0 Å². The third-order valence-electron chi connectivity index (χ3n) is 0.727. The molecule has 4 radical (unpaired) electrons. The molecule has 47 heavy (non-hydrogen) atoms. The van der Waals surface area contributed by atoms with E-state index in [0.29, 0.717) is 0 Å². The summed E-state index contributed by atoms with van der Waals surface area (Å²) >= 11 is -1.62. The molecule has 0 aliphatic rings. The molecule has 0 fully saturated rings. The van der Waals surface area contributed by atoms with Gasteiger partial charge in [-0.3, -0.25) is 0 Å². The van der Waals surface area contributed by atoms with Crippen LogP contribution in [0.2, 0.25) is 0 Å². The second-order valence-corrected chi connectivity index (χ2v) is 3.96. The summed E-state index contributed by atoms with van der Waals surface area (Å²) in [5.41, 5.74) is 0. The Morgan fingerprint density at radius 3 is 0.447 bits per heavy atom. The average molecular weight is 822 g/mol. The molecule has 0 amide bonds. The van der Waals surface area contributed by atoms with Crippen molar-refractivity contribution in [2.45, 2.75) is 7.43 Å². The highest BCUT2D eigenvalue weighted by molar-refractivity contribution is 6.17. The van der Waals surface area contributed by atoms with Crippen molar-refractivity contribution in [1.29, 1.82) is 0 Å². The average Bonchev–Trinajstić information content (AvgIpc) is 2.55. The molecule has 0 aromatic heterocycles. The van der Waals surface area contributed by atoms with E-state index in [-0.39, 0.29) is 106 Å². The van der Waals surface area contributed by atoms with Crippen LogP contribution in [0.25, 0.3) is 0 Å². The minimum Gasteiger partial charge on any atom is -0.471 e. The lowest BCUT2D eigenvalue weighted by Gasteiger charge is -1.91. The smallest absolute Gasteiger partial charge is 0.471 e. The first-order chi connectivity index (χ1) is 12.8. The van der Waals surface area contributed by atoms with E-state index in [1.165, 1.54) is 0 Å². The second-order valence-electron chi connectivity index (χ2n) is 2.21. The SMILES string of the molecule is C.O.O.O.O.O.O.O.O.O.O.O.O.O.O.O.O.O.O.O=[N+]([O-])[O][AlH].O=[N+]([O-])[O][AlH].O=[N+]([O-])[O][Al][O][N+](=O)[O-].O=[N+]([O-])[O][Al][O][N+](=O)[O-]. The van der Waals surface area contributed by atoms with Gasteiger partial charge in [-0.15, -0.1) is 60.7 Å². The van der Waals surface area contributed by atoms with Crippen LogP contribution < -0.4 is 0 Å². The summed E-state index contributed by atoms with van der Waals surface area (Å²) in [6.45, 7) is 0. The minimum atomic E-state index is -1.64. The predicted octanol–water partition coefficient (Wildman–Crippen LogP) is -18.3. The van der Waals surface area contributed by atoms with Crippen LogP contribution in [0.1, 0.15) is 7.43 Å². The van der Waals surface area contributed by atoms with Crippen molar-refractivity contribution in [3.63, 3.8) is 0 Å². The lowest BCUT2D eigenvalue weighted by Crippen LogP contribution is -2.13. The van der Waals surface area contributed by atoms with Crippen molar-refractivity contribution in [3.8, 4) is 0 Å². The monoisotopic (exact) mass is 822 g/mol. The Bertz CT molecular complexity index is 436. The first-order valence-corrected chi connectivity index (χ1v) is 7.85. The van der Waals surface area contributed by atoms with E-state index in [2.05, 4.69) is 23.3 Å². The van der Waals surface area contributed by atoms with Gasteiger partial charge in [0.15, 0.2) is 0 Å². The van der Waals surface area contributed by atoms with Crippen molar-refractivity contribution < 1.29 is 152 Å². The zero-order valence-electron chi connectivity index (χ0n) is 21.6. The lowest BCUT2D eigenvalue weighted by molar-refractivity contribution is -0.755. The van der Waals surface area contributed by atoms with Gasteiger partial charge in [-0.25, -0.2) is 0 Å². The maximum atomic E-state index is 9.28. The molecule has 0 spiro atoms. The molecule has 0 aliphatic carbocycles. The van der Waals surface area contributed by atoms with E-state index in [0.717, 1.165) is 33.2 Å². The Labute approximate surface area is 285 Å². The zero-order valence-corrected chi connectivity index (χ0v) is 26.7. The third-order valence-corrected chi connectivity index (χ3v) is 2.18. The summed E-state index contributed by atoms with van der Waals surface area (Å²) in [7, 11) is 0. The highest BCUT2D eigenvalue weighted by Crippen LogP contribution is 1.74. The van der Waals surface area contributed by atoms with E-state index in [1.54, 1.807) is 0 Å². The van der Waals surface area contributed by atoms with E-state index in [1.807, 2.05) is 0 Å². The van der Waals surface area contributed by atoms with Gasteiger partial charge >= 0.3 is 65.0 Å². The van der Waals surface area contributed by atoms with Crippen LogP contribution in [0, 0.1) is 60.7 Å². The Balaban J connectivity index is -0.00000000699. The molecule has 0 heterocycles. The molecule has 304 valence electrons. The van der Waals surface area contributed by atoms with Crippen molar-refractivity contribution in [2.24, 2.45) is 0 Å². The molecule has 42 nitrogen and oxygen atoms in total. The quantitative estimate of drug-likeness (QED) is 0.112. The molecule has 0 bridgehead atoms. The molecule has 0 aromatic carbocycles. The van der Waals surface area contributed by atoms with Gasteiger partial charge in [0.1, 0.15) is 0 Å². The first kappa shape index (κ1) is 186. The van der Waals surface area contributed by atoms with Crippen LogP contribution in [-0.4, -0.2) is 194 Å². The van der Waals surface area contributed by atoms with E-state index in [9.17, 15) is 40.5 Å². The van der Waals surface area contributed by atoms with Crippen LogP contribution >= 0.6 is 0 Å². The van der Waals surface area contributed by atoms with Gasteiger partial charge in [-0.2, -0.15) is 0 Å². The van der Waals surface area contributed by atoms with Crippen LogP contribution in [0.15, 0.2) is 0 Å². The fraction of sp³-hybridized carbons (Fsp3) is 1.00. The maximum Gasteiger partial charge on any atom is 0.753 e. The van der Waals surface area contributed by atoms with Gasteiger partial charge in [0.05, 0.1) is 0 Å². The molecular weight excluding hydrogens is 780 g/mol. The molecule has 0 aromatic rings. The van der Waals surface area contributed by atoms with Crippen LogP contribution in [0.4, 0.5) is 0 Å². The molecular formula is CH42Al4N6O36. The summed E-state index contributed by atoms with van der Waals surface area (Å²) in [6.07, 6.45) is 0. The van der Waals surface area contributed by atoms with E-state index < -0.39 is 62.3 Å². The Morgan fingerprint density at radius 1 is 0.319 bits per heavy atom. The molecule has 0 aliphatic heterocycles. The lowest BCUT2D eigenvalue weighted by atomic mass is 12.0. The van der Waals surface area contributed by atoms with Crippen molar-refractivity contribution >= 4 is 65.0 Å². The number of nitrogens with zero attached hydrogens (tertiary/aromatic N) is 6. The second kappa shape index (κ2) is 144. The normalized spacial score (nSPS) is 4.26. The standard InChI is InChI=1S/CH4.4Al.6NO3.18H2O.2H/c;;;;;6*2-1(3)4;;;;;;;;;;;;;;;;;;;;/h1H4;;;;;;;;;;;18*1H2;;/q;2*+1;2*+2;6*-1;;;;;;;;;;;;;;;;;;;;. The fourth-order valence-electron chi connectivity index (χ4n) is 0.179. The van der Waals surface area contributed by atoms with Gasteiger partial charge in [0, 0.05) is 0 Å². The summed E-state index contributed by atoms with van der Waals surface area (Å²) < 4.78 is 21.0. The fourth-order valence-corrected chi connectivity index (χ4v) is 0.537. The molecule has 0 atom stereocenters. The molecule has 0 saturated heterocycles. The third kappa shape index (κ3) is 442. The summed E-state index contributed by atoms with van der Waals surface area (Å²) in [5.74, 6) is 0. The Morgan fingerprint density at radius 2 is 0.404 bits per heavy atom. The molecule has 46 heteroatoms.